The quantitative estimate of drug-likeness (QED) is 0.639. The fourth-order valence-electron chi connectivity index (χ4n) is 2.59. The molecule has 1 aromatic heterocycles. The molecule has 0 spiro atoms. The Morgan fingerprint density at radius 3 is 2.42 bits per heavy atom. The van der Waals surface area contributed by atoms with E-state index < -0.39 is 5.97 Å². The minimum absolute atomic E-state index is 0.190. The zero-order valence-corrected chi connectivity index (χ0v) is 15.4. The van der Waals surface area contributed by atoms with Gasteiger partial charge in [0.2, 0.25) is 0 Å². The van der Waals surface area contributed by atoms with Crippen molar-refractivity contribution in [3.05, 3.63) is 64.4 Å². The van der Waals surface area contributed by atoms with Gasteiger partial charge >= 0.3 is 5.97 Å². The number of aryl methyl sites for hydroxylation is 1. The molecule has 134 valence electrons. The molecule has 0 aliphatic heterocycles. The molecule has 0 aliphatic carbocycles. The van der Waals surface area contributed by atoms with Crippen LogP contribution in [0.5, 0.6) is 0 Å². The van der Waals surface area contributed by atoms with Gasteiger partial charge in [0.1, 0.15) is 0 Å². The number of benzene rings is 2. The first-order valence-electron chi connectivity index (χ1n) is 8.17. The van der Waals surface area contributed by atoms with Gasteiger partial charge in [0, 0.05) is 16.6 Å². The highest BCUT2D eigenvalue weighted by Gasteiger charge is 2.19. The first-order valence-corrected chi connectivity index (χ1v) is 8.54. The number of nitrogens with one attached hydrogen (secondary N) is 1. The van der Waals surface area contributed by atoms with E-state index >= 15 is 0 Å². The monoisotopic (exact) mass is 371 g/mol. The second kappa shape index (κ2) is 7.22. The summed E-state index contributed by atoms with van der Waals surface area (Å²) in [6.45, 7) is 5.38. The first-order chi connectivity index (χ1) is 12.4. The second-order valence-corrected chi connectivity index (χ2v) is 6.57. The standard InChI is InChI=1S/C20H18ClNO4/c1-11(2)25-20(24)13-7-9-14(10-8-13)22-19(23)17-12(3)15-5-4-6-16(21)18(15)26-17/h4-11H,1-3H3,(H,22,23). The highest BCUT2D eigenvalue weighted by molar-refractivity contribution is 6.35. The number of carbonyl (C=O) groups is 2. The van der Waals surface area contributed by atoms with E-state index in [1.54, 1.807) is 44.2 Å². The van der Waals surface area contributed by atoms with Gasteiger partial charge in [-0.05, 0) is 51.1 Å². The number of carbonyl (C=O) groups excluding carboxylic acids is 2. The summed E-state index contributed by atoms with van der Waals surface area (Å²) in [6.07, 6.45) is -0.190. The molecule has 2 aromatic carbocycles. The van der Waals surface area contributed by atoms with Crippen molar-refractivity contribution >= 4 is 40.1 Å². The highest BCUT2D eigenvalue weighted by Crippen LogP contribution is 2.31. The van der Waals surface area contributed by atoms with Gasteiger partial charge in [-0.25, -0.2) is 4.79 Å². The average Bonchev–Trinajstić information content (AvgIpc) is 2.93. The predicted molar refractivity (Wildman–Crippen MR) is 101 cm³/mol. The molecule has 0 unspecified atom stereocenters. The Kier molecular flexibility index (Phi) is 5.00. The molecule has 1 N–H and O–H groups in total. The van der Waals surface area contributed by atoms with E-state index in [1.807, 2.05) is 19.1 Å². The Bertz CT molecular complexity index is 973. The zero-order chi connectivity index (χ0) is 18.8. The smallest absolute Gasteiger partial charge is 0.338 e. The van der Waals surface area contributed by atoms with Crippen LogP contribution in [0.1, 0.15) is 40.3 Å². The van der Waals surface area contributed by atoms with E-state index in [2.05, 4.69) is 5.32 Å². The molecule has 0 aliphatic rings. The maximum Gasteiger partial charge on any atom is 0.338 e. The van der Waals surface area contributed by atoms with Crippen molar-refractivity contribution in [1.82, 2.24) is 0 Å². The summed E-state index contributed by atoms with van der Waals surface area (Å²) >= 11 is 6.12. The van der Waals surface area contributed by atoms with Gasteiger partial charge < -0.3 is 14.5 Å². The van der Waals surface area contributed by atoms with Crippen molar-refractivity contribution in [1.29, 1.82) is 0 Å². The molecule has 0 radical (unpaired) electrons. The molecule has 3 rings (SSSR count). The third-order valence-corrected chi connectivity index (χ3v) is 4.14. The number of esters is 1. The van der Waals surface area contributed by atoms with Crippen LogP contribution in [0.25, 0.3) is 11.0 Å². The Balaban J connectivity index is 1.79. The molecule has 0 saturated carbocycles. The van der Waals surface area contributed by atoms with Crippen molar-refractivity contribution in [2.24, 2.45) is 0 Å². The fourth-order valence-corrected chi connectivity index (χ4v) is 2.80. The van der Waals surface area contributed by atoms with E-state index in [0.717, 1.165) is 10.9 Å². The van der Waals surface area contributed by atoms with E-state index in [9.17, 15) is 9.59 Å². The largest absolute Gasteiger partial charge is 0.459 e. The maximum absolute atomic E-state index is 12.5. The summed E-state index contributed by atoms with van der Waals surface area (Å²) in [5, 5.41) is 4.02. The van der Waals surface area contributed by atoms with Crippen molar-refractivity contribution in [2.45, 2.75) is 26.9 Å². The number of ether oxygens (including phenoxy) is 1. The number of anilines is 1. The molecule has 1 heterocycles. The number of para-hydroxylation sites is 1. The van der Waals surface area contributed by atoms with Crippen molar-refractivity contribution in [3.8, 4) is 0 Å². The van der Waals surface area contributed by atoms with Crippen molar-refractivity contribution in [3.63, 3.8) is 0 Å². The lowest BCUT2D eigenvalue weighted by Crippen LogP contribution is -2.13. The molecule has 0 saturated heterocycles. The Labute approximate surface area is 155 Å². The lowest BCUT2D eigenvalue weighted by Gasteiger charge is -2.08. The SMILES string of the molecule is Cc1c(C(=O)Nc2ccc(C(=O)OC(C)C)cc2)oc2c(Cl)cccc12. The van der Waals surface area contributed by atoms with E-state index in [-0.39, 0.29) is 17.8 Å². The lowest BCUT2D eigenvalue weighted by molar-refractivity contribution is 0.0378. The van der Waals surface area contributed by atoms with Gasteiger partial charge in [0.05, 0.1) is 16.7 Å². The Morgan fingerprint density at radius 1 is 1.12 bits per heavy atom. The maximum atomic E-state index is 12.5. The third kappa shape index (κ3) is 3.58. The third-order valence-electron chi connectivity index (χ3n) is 3.84. The molecular formula is C20H18ClNO4. The van der Waals surface area contributed by atoms with Crippen LogP contribution < -0.4 is 5.32 Å². The molecule has 6 heteroatoms. The number of hydrogen-bond donors (Lipinski definition) is 1. The normalized spacial score (nSPS) is 11.0. The van der Waals surface area contributed by atoms with Crippen LogP contribution in [0.4, 0.5) is 5.69 Å². The minimum Gasteiger partial charge on any atom is -0.459 e. The molecule has 0 atom stereocenters. The molecule has 26 heavy (non-hydrogen) atoms. The fraction of sp³-hybridized carbons (Fsp3) is 0.200. The molecule has 5 nitrogen and oxygen atoms in total. The van der Waals surface area contributed by atoms with Gasteiger partial charge in [-0.3, -0.25) is 4.79 Å². The number of halogens is 1. The minimum atomic E-state index is -0.402. The lowest BCUT2D eigenvalue weighted by atomic mass is 10.1. The Morgan fingerprint density at radius 2 is 1.81 bits per heavy atom. The van der Waals surface area contributed by atoms with Crippen LogP contribution in [0.15, 0.2) is 46.9 Å². The van der Waals surface area contributed by atoms with Gasteiger partial charge in [0.15, 0.2) is 11.3 Å². The first kappa shape index (κ1) is 18.0. The molecular weight excluding hydrogens is 354 g/mol. The van der Waals surface area contributed by atoms with E-state index in [1.165, 1.54) is 0 Å². The summed E-state index contributed by atoms with van der Waals surface area (Å²) in [7, 11) is 0. The van der Waals surface area contributed by atoms with Gasteiger partial charge in [-0.15, -0.1) is 0 Å². The van der Waals surface area contributed by atoms with E-state index in [4.69, 9.17) is 20.8 Å². The predicted octanol–water partition coefficient (Wildman–Crippen LogP) is 5.21. The summed E-state index contributed by atoms with van der Waals surface area (Å²) < 4.78 is 10.8. The number of rotatable bonds is 4. The number of amides is 1. The zero-order valence-electron chi connectivity index (χ0n) is 14.6. The van der Waals surface area contributed by atoms with Crippen LogP contribution in [0.2, 0.25) is 5.02 Å². The summed E-state index contributed by atoms with van der Waals surface area (Å²) in [5.74, 6) is -0.579. The molecule has 0 bridgehead atoms. The summed E-state index contributed by atoms with van der Waals surface area (Å²) in [6, 6.07) is 11.9. The van der Waals surface area contributed by atoms with Crippen LogP contribution >= 0.6 is 11.6 Å². The van der Waals surface area contributed by atoms with Crippen LogP contribution in [0.3, 0.4) is 0 Å². The average molecular weight is 372 g/mol. The van der Waals surface area contributed by atoms with Crippen LogP contribution in [-0.4, -0.2) is 18.0 Å². The Hall–Kier alpha value is -2.79. The van der Waals surface area contributed by atoms with Crippen LogP contribution in [-0.2, 0) is 4.74 Å². The van der Waals surface area contributed by atoms with Gasteiger partial charge in [-0.1, -0.05) is 23.7 Å². The molecule has 3 aromatic rings. The van der Waals surface area contributed by atoms with Crippen molar-refractivity contribution < 1.29 is 18.7 Å². The summed E-state index contributed by atoms with van der Waals surface area (Å²) in [5.41, 5.74) is 2.17. The van der Waals surface area contributed by atoms with Crippen LogP contribution in [0, 0.1) is 6.92 Å². The van der Waals surface area contributed by atoms with Gasteiger partial charge in [0.25, 0.3) is 5.91 Å². The summed E-state index contributed by atoms with van der Waals surface area (Å²) in [4.78, 5) is 24.4. The highest BCUT2D eigenvalue weighted by atomic mass is 35.5. The second-order valence-electron chi connectivity index (χ2n) is 6.16. The molecule has 1 amide bonds. The molecule has 0 fully saturated rings. The van der Waals surface area contributed by atoms with E-state index in [0.29, 0.717) is 21.9 Å². The van der Waals surface area contributed by atoms with Crippen molar-refractivity contribution in [2.75, 3.05) is 5.32 Å². The number of hydrogen-bond acceptors (Lipinski definition) is 4. The number of fused-ring (bicyclic) bond motifs is 1. The topological polar surface area (TPSA) is 68.5 Å². The van der Waals surface area contributed by atoms with Gasteiger partial charge in [-0.2, -0.15) is 0 Å². The number of furan rings is 1.